The number of hydrogen-bond donors (Lipinski definition) is 4. The maximum Gasteiger partial charge on any atom is 0.270 e. The van der Waals surface area contributed by atoms with Crippen LogP contribution >= 0.6 is 0 Å². The van der Waals surface area contributed by atoms with E-state index in [2.05, 4.69) is 46.4 Å². The van der Waals surface area contributed by atoms with Crippen LogP contribution in [0.3, 0.4) is 0 Å². The molecule has 0 saturated carbocycles. The summed E-state index contributed by atoms with van der Waals surface area (Å²) in [5.41, 5.74) is 4.43. The summed E-state index contributed by atoms with van der Waals surface area (Å²) in [5, 5.41) is 27.5. The molecule has 0 aliphatic heterocycles. The second kappa shape index (κ2) is 8.48. The highest BCUT2D eigenvalue weighted by molar-refractivity contribution is 6.07. The van der Waals surface area contributed by atoms with Crippen LogP contribution < -0.4 is 10.6 Å². The Balaban J connectivity index is 1.37. The average molecular weight is 423 g/mol. The molecule has 10 nitrogen and oxygen atoms in total. The number of para-hydroxylation sites is 1. The van der Waals surface area contributed by atoms with E-state index in [1.165, 1.54) is 0 Å². The number of hydrogen-bond acceptors (Lipinski definition) is 7. The first kappa shape index (κ1) is 19.1. The van der Waals surface area contributed by atoms with Crippen molar-refractivity contribution in [2.75, 3.05) is 10.6 Å². The summed E-state index contributed by atoms with van der Waals surface area (Å²) in [7, 11) is 0. The van der Waals surface area contributed by atoms with Crippen LogP contribution in [0, 0.1) is 0 Å². The zero-order valence-electron chi connectivity index (χ0n) is 16.6. The van der Waals surface area contributed by atoms with Crippen LogP contribution in [0.15, 0.2) is 66.9 Å². The number of tetrazole rings is 1. The Labute approximate surface area is 181 Å². The number of benzene rings is 2. The van der Waals surface area contributed by atoms with Crippen molar-refractivity contribution in [3.05, 3.63) is 83.8 Å². The number of H-pyrrole nitrogens is 2. The molecule has 0 atom stereocenters. The van der Waals surface area contributed by atoms with Gasteiger partial charge in [0.05, 0.1) is 28.2 Å². The number of nitrogens with one attached hydrogen (secondary N) is 4. The molecule has 1 amide bonds. The molecule has 0 aliphatic carbocycles. The van der Waals surface area contributed by atoms with Crippen LogP contribution in [-0.4, -0.2) is 41.7 Å². The number of carbonyl (C=O) groups is 1. The number of rotatable bonds is 6. The maximum atomic E-state index is 12.6. The smallest absolute Gasteiger partial charge is 0.270 e. The highest BCUT2D eigenvalue weighted by atomic mass is 16.1. The van der Waals surface area contributed by atoms with Crippen molar-refractivity contribution in [1.82, 2.24) is 35.8 Å². The van der Waals surface area contributed by atoms with Crippen LogP contribution in [0.4, 0.5) is 17.3 Å². The normalized spacial score (nSPS) is 11.1. The van der Waals surface area contributed by atoms with Crippen molar-refractivity contribution in [1.29, 1.82) is 0 Å². The standard InChI is InChI=1S/C22H17N9O/c32-21(25-22-28-30-31-29-22)17-6-1-2-7-18(17)24-15-8-10-16-19(26-27-20(16)13-15)11-9-14-5-3-4-12-23-14/h1-13,24H,(H,26,27)(H2,25,28,29,30,31,32)/b11-9+. The van der Waals surface area contributed by atoms with Gasteiger partial charge in [-0.2, -0.15) is 10.3 Å². The number of anilines is 3. The van der Waals surface area contributed by atoms with Gasteiger partial charge in [0.1, 0.15) is 0 Å². The Morgan fingerprint density at radius 3 is 2.72 bits per heavy atom. The first-order valence-electron chi connectivity index (χ1n) is 9.74. The molecule has 3 aromatic heterocycles. The third-order valence-corrected chi connectivity index (χ3v) is 4.71. The number of fused-ring (bicyclic) bond motifs is 1. The van der Waals surface area contributed by atoms with E-state index in [0.717, 1.165) is 28.0 Å². The molecule has 2 aromatic carbocycles. The lowest BCUT2D eigenvalue weighted by Crippen LogP contribution is -2.14. The lowest BCUT2D eigenvalue weighted by Gasteiger charge is -2.11. The van der Waals surface area contributed by atoms with Crippen LogP contribution in [0.5, 0.6) is 0 Å². The van der Waals surface area contributed by atoms with Gasteiger partial charge in [0, 0.05) is 17.3 Å². The molecule has 0 radical (unpaired) electrons. The molecule has 10 heteroatoms. The fraction of sp³-hybridized carbons (Fsp3) is 0. The number of carbonyl (C=O) groups excluding carboxylic acids is 1. The molecule has 5 rings (SSSR count). The predicted octanol–water partition coefficient (Wildman–Crippen LogP) is 3.64. The molecule has 0 bridgehead atoms. The Bertz CT molecular complexity index is 1390. The van der Waals surface area contributed by atoms with E-state index in [1.807, 2.05) is 60.7 Å². The molecule has 32 heavy (non-hydrogen) atoms. The number of pyridine rings is 1. The number of amides is 1. The summed E-state index contributed by atoms with van der Waals surface area (Å²) in [6, 6.07) is 18.8. The van der Waals surface area contributed by atoms with Crippen LogP contribution in [0.25, 0.3) is 23.1 Å². The monoisotopic (exact) mass is 423 g/mol. The van der Waals surface area contributed by atoms with Crippen molar-refractivity contribution in [2.45, 2.75) is 0 Å². The van der Waals surface area contributed by atoms with E-state index >= 15 is 0 Å². The molecule has 0 saturated heterocycles. The largest absolute Gasteiger partial charge is 0.355 e. The third-order valence-electron chi connectivity index (χ3n) is 4.71. The zero-order chi connectivity index (χ0) is 21.8. The Kier molecular flexibility index (Phi) is 5.07. The Morgan fingerprint density at radius 1 is 0.969 bits per heavy atom. The predicted molar refractivity (Wildman–Crippen MR) is 121 cm³/mol. The summed E-state index contributed by atoms with van der Waals surface area (Å²) in [4.78, 5) is 16.9. The summed E-state index contributed by atoms with van der Waals surface area (Å²) >= 11 is 0. The van der Waals surface area contributed by atoms with Gasteiger partial charge in [-0.3, -0.25) is 20.2 Å². The summed E-state index contributed by atoms with van der Waals surface area (Å²) in [6.07, 6.45) is 5.59. The molecule has 4 N–H and O–H groups in total. The number of nitrogens with zero attached hydrogens (tertiary/aromatic N) is 5. The molecular formula is C22H17N9O. The molecule has 5 aromatic rings. The zero-order valence-corrected chi connectivity index (χ0v) is 16.6. The van der Waals surface area contributed by atoms with Gasteiger partial charge >= 0.3 is 0 Å². The van der Waals surface area contributed by atoms with Gasteiger partial charge in [-0.25, -0.2) is 0 Å². The topological polar surface area (TPSA) is 137 Å². The first-order chi connectivity index (χ1) is 15.8. The lowest BCUT2D eigenvalue weighted by molar-refractivity contribution is 0.102. The summed E-state index contributed by atoms with van der Waals surface area (Å²) < 4.78 is 0. The van der Waals surface area contributed by atoms with E-state index in [-0.39, 0.29) is 11.9 Å². The van der Waals surface area contributed by atoms with Gasteiger partial charge in [-0.1, -0.05) is 23.3 Å². The van der Waals surface area contributed by atoms with Crippen molar-refractivity contribution in [2.24, 2.45) is 0 Å². The minimum atomic E-state index is -0.348. The van der Waals surface area contributed by atoms with E-state index in [1.54, 1.807) is 18.3 Å². The molecular weight excluding hydrogens is 406 g/mol. The minimum Gasteiger partial charge on any atom is -0.355 e. The van der Waals surface area contributed by atoms with Gasteiger partial charge in [-0.15, -0.1) is 5.10 Å². The van der Waals surface area contributed by atoms with E-state index < -0.39 is 0 Å². The maximum absolute atomic E-state index is 12.6. The van der Waals surface area contributed by atoms with Crippen molar-refractivity contribution in [3.63, 3.8) is 0 Å². The molecule has 0 unspecified atom stereocenters. The van der Waals surface area contributed by atoms with Crippen LogP contribution in [0.2, 0.25) is 0 Å². The van der Waals surface area contributed by atoms with Gasteiger partial charge in [0.2, 0.25) is 0 Å². The van der Waals surface area contributed by atoms with E-state index in [4.69, 9.17) is 0 Å². The first-order valence-corrected chi connectivity index (χ1v) is 9.74. The third kappa shape index (κ3) is 4.05. The van der Waals surface area contributed by atoms with Crippen molar-refractivity contribution < 1.29 is 4.79 Å². The molecule has 0 fully saturated rings. The van der Waals surface area contributed by atoms with E-state index in [0.29, 0.717) is 11.3 Å². The quantitative estimate of drug-likeness (QED) is 0.327. The van der Waals surface area contributed by atoms with E-state index in [9.17, 15) is 4.79 Å². The summed E-state index contributed by atoms with van der Waals surface area (Å²) in [6.45, 7) is 0. The fourth-order valence-electron chi connectivity index (χ4n) is 3.21. The second-order valence-corrected chi connectivity index (χ2v) is 6.82. The van der Waals surface area contributed by atoms with Gasteiger partial charge in [0.25, 0.3) is 11.9 Å². The number of aromatic nitrogens is 7. The van der Waals surface area contributed by atoms with Crippen molar-refractivity contribution >= 4 is 46.3 Å². The SMILES string of the molecule is O=C(Nc1nn[nH]n1)c1ccccc1Nc1ccc2c(/C=C/c3ccccn3)n[nH]c2c1. The van der Waals surface area contributed by atoms with Crippen LogP contribution in [0.1, 0.15) is 21.7 Å². The highest BCUT2D eigenvalue weighted by Crippen LogP contribution is 2.26. The van der Waals surface area contributed by atoms with Gasteiger partial charge in [-0.05, 0) is 59.8 Å². The Hall–Kier alpha value is -4.86. The fourth-order valence-corrected chi connectivity index (χ4v) is 3.21. The molecule has 156 valence electrons. The minimum absolute atomic E-state index is 0.106. The Morgan fingerprint density at radius 2 is 1.88 bits per heavy atom. The van der Waals surface area contributed by atoms with Gasteiger partial charge < -0.3 is 5.32 Å². The second-order valence-electron chi connectivity index (χ2n) is 6.82. The van der Waals surface area contributed by atoms with Crippen molar-refractivity contribution in [3.8, 4) is 0 Å². The van der Waals surface area contributed by atoms with Crippen LogP contribution in [-0.2, 0) is 0 Å². The molecule has 3 heterocycles. The lowest BCUT2D eigenvalue weighted by atomic mass is 10.1. The van der Waals surface area contributed by atoms with Gasteiger partial charge in [0.15, 0.2) is 0 Å². The average Bonchev–Trinajstić information content (AvgIpc) is 3.48. The molecule has 0 aliphatic rings. The number of aromatic amines is 2. The molecule has 0 spiro atoms. The highest BCUT2D eigenvalue weighted by Gasteiger charge is 2.14. The summed E-state index contributed by atoms with van der Waals surface area (Å²) in [5.74, 6) is -0.242.